The SMILES string of the molecule is CCNC(=O)N(CC(=O)N1CCc2sccc2[C@@H]1c1ccccc1)CC(C)C. The Morgan fingerprint density at radius 1 is 1.25 bits per heavy atom. The van der Waals surface area contributed by atoms with E-state index in [1.165, 1.54) is 10.4 Å². The van der Waals surface area contributed by atoms with Crippen molar-refractivity contribution >= 4 is 23.3 Å². The first-order valence-electron chi connectivity index (χ1n) is 9.94. The molecule has 0 saturated carbocycles. The molecule has 1 aliphatic heterocycles. The first-order valence-corrected chi connectivity index (χ1v) is 10.8. The molecule has 3 rings (SSSR count). The Hall–Kier alpha value is -2.34. The van der Waals surface area contributed by atoms with Gasteiger partial charge < -0.3 is 15.1 Å². The van der Waals surface area contributed by atoms with Gasteiger partial charge in [0.1, 0.15) is 6.54 Å². The summed E-state index contributed by atoms with van der Waals surface area (Å²) < 4.78 is 0. The van der Waals surface area contributed by atoms with E-state index in [-0.39, 0.29) is 24.5 Å². The zero-order valence-electron chi connectivity index (χ0n) is 16.9. The number of rotatable bonds is 6. The van der Waals surface area contributed by atoms with Crippen LogP contribution in [0.4, 0.5) is 4.79 Å². The predicted molar refractivity (Wildman–Crippen MR) is 114 cm³/mol. The summed E-state index contributed by atoms with van der Waals surface area (Å²) in [6, 6.07) is 12.0. The van der Waals surface area contributed by atoms with E-state index < -0.39 is 0 Å². The van der Waals surface area contributed by atoms with Crippen molar-refractivity contribution in [2.24, 2.45) is 5.92 Å². The van der Waals surface area contributed by atoms with Gasteiger partial charge in [0, 0.05) is 24.5 Å². The Kier molecular flexibility index (Phi) is 6.73. The first kappa shape index (κ1) is 20.4. The number of hydrogen-bond donors (Lipinski definition) is 1. The second-order valence-electron chi connectivity index (χ2n) is 7.56. The summed E-state index contributed by atoms with van der Waals surface area (Å²) in [6.45, 7) is 7.90. The molecule has 0 saturated heterocycles. The third-order valence-electron chi connectivity index (χ3n) is 4.93. The topological polar surface area (TPSA) is 52.7 Å². The lowest BCUT2D eigenvalue weighted by atomic mass is 9.93. The van der Waals surface area contributed by atoms with Crippen molar-refractivity contribution in [3.8, 4) is 0 Å². The molecule has 1 aromatic carbocycles. The maximum absolute atomic E-state index is 13.3. The molecule has 0 radical (unpaired) electrons. The fraction of sp³-hybridized carbons (Fsp3) is 0.455. The lowest BCUT2D eigenvalue weighted by molar-refractivity contribution is -0.134. The average molecular weight is 400 g/mol. The van der Waals surface area contributed by atoms with Gasteiger partial charge in [0.2, 0.25) is 5.91 Å². The van der Waals surface area contributed by atoms with Crippen LogP contribution in [0.15, 0.2) is 41.8 Å². The van der Waals surface area contributed by atoms with Crippen molar-refractivity contribution in [2.75, 3.05) is 26.2 Å². The van der Waals surface area contributed by atoms with Crippen molar-refractivity contribution in [3.63, 3.8) is 0 Å². The lowest BCUT2D eigenvalue weighted by Gasteiger charge is -2.37. The van der Waals surface area contributed by atoms with Gasteiger partial charge in [-0.15, -0.1) is 11.3 Å². The zero-order valence-corrected chi connectivity index (χ0v) is 17.7. The van der Waals surface area contributed by atoms with E-state index in [0.717, 1.165) is 12.0 Å². The molecule has 2 heterocycles. The molecule has 0 aliphatic carbocycles. The molecule has 1 aliphatic rings. The largest absolute Gasteiger partial charge is 0.338 e. The predicted octanol–water partition coefficient (Wildman–Crippen LogP) is 3.91. The van der Waals surface area contributed by atoms with Crippen LogP contribution in [0.5, 0.6) is 0 Å². The normalized spacial score (nSPS) is 16.0. The maximum atomic E-state index is 13.3. The summed E-state index contributed by atoms with van der Waals surface area (Å²) in [6.07, 6.45) is 0.868. The fourth-order valence-corrected chi connectivity index (χ4v) is 4.66. The minimum Gasteiger partial charge on any atom is -0.338 e. The second kappa shape index (κ2) is 9.24. The standard InChI is InChI=1S/C22H29N3O2S/c1-4-23-22(27)24(14-16(2)3)15-20(26)25-12-10-19-18(11-13-28-19)21(25)17-8-6-5-7-9-17/h5-9,11,13,16,21H,4,10,12,14-15H2,1-3H3,(H,23,27)/t21-/m0/s1. The molecule has 0 unspecified atom stereocenters. The number of fused-ring (bicyclic) bond motifs is 1. The molecule has 0 fully saturated rings. The number of urea groups is 1. The number of carbonyl (C=O) groups excluding carboxylic acids is 2. The second-order valence-corrected chi connectivity index (χ2v) is 8.56. The van der Waals surface area contributed by atoms with E-state index in [2.05, 4.69) is 42.7 Å². The Labute approximate surface area is 171 Å². The molecule has 5 nitrogen and oxygen atoms in total. The van der Waals surface area contributed by atoms with Gasteiger partial charge in [-0.3, -0.25) is 4.79 Å². The molecule has 6 heteroatoms. The van der Waals surface area contributed by atoms with Crippen LogP contribution in [0.25, 0.3) is 0 Å². The summed E-state index contributed by atoms with van der Waals surface area (Å²) in [5, 5.41) is 4.94. The van der Waals surface area contributed by atoms with E-state index in [1.807, 2.05) is 30.0 Å². The van der Waals surface area contributed by atoms with Crippen LogP contribution in [0.1, 0.15) is 42.8 Å². The number of hydrogen-bond acceptors (Lipinski definition) is 3. The van der Waals surface area contributed by atoms with Crippen molar-refractivity contribution in [2.45, 2.75) is 33.2 Å². The third kappa shape index (κ3) is 4.55. The molecule has 0 bridgehead atoms. The van der Waals surface area contributed by atoms with Gasteiger partial charge in [0.05, 0.1) is 6.04 Å². The minimum atomic E-state index is -0.172. The van der Waals surface area contributed by atoms with Crippen molar-refractivity contribution < 1.29 is 9.59 Å². The Bertz CT molecular complexity index is 803. The number of nitrogens with one attached hydrogen (secondary N) is 1. The van der Waals surface area contributed by atoms with Crippen LogP contribution in [0.2, 0.25) is 0 Å². The van der Waals surface area contributed by atoms with Crippen molar-refractivity contribution in [1.29, 1.82) is 0 Å². The maximum Gasteiger partial charge on any atom is 0.317 e. The molecule has 1 N–H and O–H groups in total. The quantitative estimate of drug-likeness (QED) is 0.801. The smallest absolute Gasteiger partial charge is 0.317 e. The van der Waals surface area contributed by atoms with Gasteiger partial charge in [-0.05, 0) is 41.8 Å². The van der Waals surface area contributed by atoms with E-state index in [9.17, 15) is 9.59 Å². The Balaban J connectivity index is 1.85. The minimum absolute atomic E-state index is 0.00222. The highest BCUT2D eigenvalue weighted by Crippen LogP contribution is 2.37. The van der Waals surface area contributed by atoms with Gasteiger partial charge in [-0.1, -0.05) is 44.2 Å². The van der Waals surface area contributed by atoms with E-state index in [0.29, 0.717) is 25.6 Å². The number of carbonyl (C=O) groups is 2. The van der Waals surface area contributed by atoms with E-state index in [1.54, 1.807) is 16.2 Å². The van der Waals surface area contributed by atoms with Crippen LogP contribution in [0, 0.1) is 5.92 Å². The zero-order chi connectivity index (χ0) is 20.1. The van der Waals surface area contributed by atoms with E-state index >= 15 is 0 Å². The number of nitrogens with zero attached hydrogens (tertiary/aromatic N) is 2. The highest BCUT2D eigenvalue weighted by atomic mass is 32.1. The van der Waals surface area contributed by atoms with Crippen LogP contribution in [-0.2, 0) is 11.2 Å². The summed E-state index contributed by atoms with van der Waals surface area (Å²) in [7, 11) is 0. The van der Waals surface area contributed by atoms with Gasteiger partial charge in [-0.25, -0.2) is 4.79 Å². The molecule has 1 atom stereocenters. The molecule has 1 aromatic heterocycles. The lowest BCUT2D eigenvalue weighted by Crippen LogP contribution is -2.50. The highest BCUT2D eigenvalue weighted by molar-refractivity contribution is 7.10. The van der Waals surface area contributed by atoms with Crippen LogP contribution < -0.4 is 5.32 Å². The highest BCUT2D eigenvalue weighted by Gasteiger charge is 2.33. The Morgan fingerprint density at radius 2 is 2.00 bits per heavy atom. The van der Waals surface area contributed by atoms with Crippen LogP contribution in [-0.4, -0.2) is 47.9 Å². The molecule has 3 amide bonds. The van der Waals surface area contributed by atoms with Gasteiger partial charge in [0.25, 0.3) is 0 Å². The fourth-order valence-electron chi connectivity index (χ4n) is 3.76. The molecule has 0 spiro atoms. The van der Waals surface area contributed by atoms with Crippen molar-refractivity contribution in [3.05, 3.63) is 57.8 Å². The third-order valence-corrected chi connectivity index (χ3v) is 5.92. The van der Waals surface area contributed by atoms with E-state index in [4.69, 9.17) is 0 Å². The van der Waals surface area contributed by atoms with Crippen molar-refractivity contribution in [1.82, 2.24) is 15.1 Å². The number of amides is 3. The molecule has 150 valence electrons. The molecular weight excluding hydrogens is 370 g/mol. The van der Waals surface area contributed by atoms with Gasteiger partial charge in [-0.2, -0.15) is 0 Å². The summed E-state index contributed by atoms with van der Waals surface area (Å²) in [4.78, 5) is 30.7. The van der Waals surface area contributed by atoms with Crippen LogP contribution >= 0.6 is 11.3 Å². The Morgan fingerprint density at radius 3 is 2.68 bits per heavy atom. The number of thiophene rings is 1. The molecule has 28 heavy (non-hydrogen) atoms. The van der Waals surface area contributed by atoms with Crippen LogP contribution in [0.3, 0.4) is 0 Å². The summed E-state index contributed by atoms with van der Waals surface area (Å²) in [5.41, 5.74) is 2.33. The van der Waals surface area contributed by atoms with Gasteiger partial charge in [0.15, 0.2) is 0 Å². The monoisotopic (exact) mass is 399 g/mol. The van der Waals surface area contributed by atoms with Gasteiger partial charge >= 0.3 is 6.03 Å². The molecular formula is C22H29N3O2S. The summed E-state index contributed by atoms with van der Waals surface area (Å²) in [5.74, 6) is 0.294. The summed E-state index contributed by atoms with van der Waals surface area (Å²) >= 11 is 1.76. The first-order chi connectivity index (χ1) is 13.5. The number of benzene rings is 1. The average Bonchev–Trinajstić information content (AvgIpc) is 3.16. The molecule has 2 aromatic rings.